The van der Waals surface area contributed by atoms with Gasteiger partial charge in [0, 0.05) is 32.9 Å². The van der Waals surface area contributed by atoms with Gasteiger partial charge in [-0.2, -0.15) is 0 Å². The Morgan fingerprint density at radius 1 is 1.32 bits per heavy atom. The lowest BCUT2D eigenvalue weighted by Crippen LogP contribution is -2.37. The van der Waals surface area contributed by atoms with Gasteiger partial charge in [0.15, 0.2) is 0 Å². The van der Waals surface area contributed by atoms with Gasteiger partial charge in [-0.1, -0.05) is 6.92 Å². The van der Waals surface area contributed by atoms with E-state index in [9.17, 15) is 4.79 Å². The van der Waals surface area contributed by atoms with Crippen molar-refractivity contribution in [3.8, 4) is 0 Å². The summed E-state index contributed by atoms with van der Waals surface area (Å²) in [6.45, 7) is 4.47. The molecule has 1 aromatic heterocycles. The van der Waals surface area contributed by atoms with E-state index < -0.39 is 0 Å². The van der Waals surface area contributed by atoms with E-state index in [1.165, 1.54) is 0 Å². The third-order valence-electron chi connectivity index (χ3n) is 2.92. The van der Waals surface area contributed by atoms with E-state index >= 15 is 0 Å². The van der Waals surface area contributed by atoms with Gasteiger partial charge in [-0.05, 0) is 26.6 Å². The Hall–Kier alpha value is -1.62. The molecule has 5 nitrogen and oxygen atoms in total. The number of aromatic nitrogens is 1. The number of pyridine rings is 1. The van der Waals surface area contributed by atoms with Crippen LogP contribution < -0.4 is 5.32 Å². The Kier molecular flexibility index (Phi) is 6.29. The molecule has 1 N–H and O–H groups in total. The smallest absolute Gasteiger partial charge is 0.256 e. The van der Waals surface area contributed by atoms with Crippen molar-refractivity contribution < 1.29 is 4.79 Å². The molecule has 106 valence electrons. The van der Waals surface area contributed by atoms with Crippen LogP contribution >= 0.6 is 0 Å². The lowest BCUT2D eigenvalue weighted by Gasteiger charge is -2.24. The highest BCUT2D eigenvalue weighted by Gasteiger charge is 2.17. The fourth-order valence-electron chi connectivity index (χ4n) is 1.86. The molecule has 0 saturated heterocycles. The van der Waals surface area contributed by atoms with Gasteiger partial charge < -0.3 is 15.1 Å². The number of hydrogen-bond acceptors (Lipinski definition) is 4. The molecule has 0 aliphatic carbocycles. The van der Waals surface area contributed by atoms with Gasteiger partial charge in [-0.3, -0.25) is 9.78 Å². The number of nitrogens with zero attached hydrogens (tertiary/aromatic N) is 3. The summed E-state index contributed by atoms with van der Waals surface area (Å²) in [6, 6.07) is 1.77. The largest absolute Gasteiger partial charge is 0.386 e. The summed E-state index contributed by atoms with van der Waals surface area (Å²) < 4.78 is 0. The van der Waals surface area contributed by atoms with Crippen molar-refractivity contribution in [2.24, 2.45) is 0 Å². The second kappa shape index (κ2) is 7.74. The first-order chi connectivity index (χ1) is 9.10. The van der Waals surface area contributed by atoms with E-state index in [-0.39, 0.29) is 5.91 Å². The van der Waals surface area contributed by atoms with Crippen molar-refractivity contribution in [2.45, 2.75) is 13.3 Å². The van der Waals surface area contributed by atoms with Crippen LogP contribution in [0.15, 0.2) is 18.5 Å². The summed E-state index contributed by atoms with van der Waals surface area (Å²) in [4.78, 5) is 20.6. The van der Waals surface area contributed by atoms with E-state index in [0.717, 1.165) is 31.7 Å². The number of amides is 1. The summed E-state index contributed by atoms with van der Waals surface area (Å²) in [6.07, 6.45) is 4.30. The van der Waals surface area contributed by atoms with E-state index in [0.29, 0.717) is 5.56 Å². The summed E-state index contributed by atoms with van der Waals surface area (Å²) in [5, 5.41) is 3.02. The molecular weight excluding hydrogens is 240 g/mol. The molecule has 1 rings (SSSR count). The van der Waals surface area contributed by atoms with Gasteiger partial charge in [0.25, 0.3) is 5.91 Å². The first-order valence-corrected chi connectivity index (χ1v) is 6.66. The van der Waals surface area contributed by atoms with Crippen LogP contribution in [0.5, 0.6) is 0 Å². The summed E-state index contributed by atoms with van der Waals surface area (Å²) in [5.74, 6) is 0.0652. The minimum Gasteiger partial charge on any atom is -0.386 e. The maximum atomic E-state index is 12.6. The number of anilines is 1. The zero-order valence-corrected chi connectivity index (χ0v) is 12.3. The molecule has 5 heteroatoms. The molecule has 0 bridgehead atoms. The van der Waals surface area contributed by atoms with Gasteiger partial charge in [0.2, 0.25) is 0 Å². The molecule has 0 aliphatic rings. The van der Waals surface area contributed by atoms with Crippen molar-refractivity contribution in [2.75, 3.05) is 46.1 Å². The Morgan fingerprint density at radius 3 is 2.63 bits per heavy atom. The number of carbonyl (C=O) groups is 1. The van der Waals surface area contributed by atoms with Crippen LogP contribution in [0.3, 0.4) is 0 Å². The lowest BCUT2D eigenvalue weighted by atomic mass is 10.2. The maximum Gasteiger partial charge on any atom is 0.256 e. The molecular formula is C14H24N4O. The highest BCUT2D eigenvalue weighted by Crippen LogP contribution is 2.15. The van der Waals surface area contributed by atoms with Crippen molar-refractivity contribution in [1.29, 1.82) is 0 Å². The number of carbonyl (C=O) groups excluding carboxylic acids is 1. The van der Waals surface area contributed by atoms with Gasteiger partial charge in [-0.15, -0.1) is 0 Å². The normalized spacial score (nSPS) is 10.6. The van der Waals surface area contributed by atoms with Crippen molar-refractivity contribution in [1.82, 2.24) is 14.8 Å². The van der Waals surface area contributed by atoms with Crippen molar-refractivity contribution in [3.63, 3.8) is 0 Å². The van der Waals surface area contributed by atoms with Crippen molar-refractivity contribution >= 4 is 11.6 Å². The average Bonchev–Trinajstić information content (AvgIpc) is 2.42. The van der Waals surface area contributed by atoms with Gasteiger partial charge in [-0.25, -0.2) is 0 Å². The predicted octanol–water partition coefficient (Wildman–Crippen LogP) is 1.54. The second-order valence-electron chi connectivity index (χ2n) is 4.77. The van der Waals surface area contributed by atoms with E-state index in [1.54, 1.807) is 25.5 Å². The Balaban J connectivity index is 2.85. The third kappa shape index (κ3) is 4.52. The van der Waals surface area contributed by atoms with Crippen molar-refractivity contribution in [3.05, 3.63) is 24.0 Å². The first-order valence-electron chi connectivity index (χ1n) is 6.66. The molecule has 1 amide bonds. The minimum atomic E-state index is 0.0652. The molecule has 0 unspecified atom stereocenters. The fraction of sp³-hybridized carbons (Fsp3) is 0.571. The van der Waals surface area contributed by atoms with Gasteiger partial charge in [0.1, 0.15) is 0 Å². The molecule has 0 fully saturated rings. The third-order valence-corrected chi connectivity index (χ3v) is 2.92. The summed E-state index contributed by atoms with van der Waals surface area (Å²) >= 11 is 0. The minimum absolute atomic E-state index is 0.0652. The van der Waals surface area contributed by atoms with Crippen LogP contribution in [0.4, 0.5) is 5.69 Å². The molecule has 0 radical (unpaired) electrons. The zero-order chi connectivity index (χ0) is 14.3. The SMILES string of the molecule is CCCN(CCN(C)C)C(=O)c1ccncc1NC. The second-order valence-corrected chi connectivity index (χ2v) is 4.77. The number of nitrogens with one attached hydrogen (secondary N) is 1. The lowest BCUT2D eigenvalue weighted by molar-refractivity contribution is 0.0746. The molecule has 1 heterocycles. The predicted molar refractivity (Wildman–Crippen MR) is 78.5 cm³/mol. The fourth-order valence-corrected chi connectivity index (χ4v) is 1.86. The van der Waals surface area contributed by atoms with Crippen LogP contribution in [0.25, 0.3) is 0 Å². The Labute approximate surface area is 115 Å². The molecule has 0 atom stereocenters. The van der Waals surface area contributed by atoms with Crippen LogP contribution in [0.1, 0.15) is 23.7 Å². The number of rotatable bonds is 7. The Bertz CT molecular complexity index is 406. The molecule has 1 aromatic rings. The van der Waals surface area contributed by atoms with Gasteiger partial charge >= 0.3 is 0 Å². The van der Waals surface area contributed by atoms with E-state index in [2.05, 4.69) is 22.1 Å². The summed E-state index contributed by atoms with van der Waals surface area (Å²) in [7, 11) is 5.83. The average molecular weight is 264 g/mol. The maximum absolute atomic E-state index is 12.6. The van der Waals surface area contributed by atoms with Crippen LogP contribution in [-0.2, 0) is 0 Å². The van der Waals surface area contributed by atoms with E-state index in [4.69, 9.17) is 0 Å². The molecule has 0 saturated carbocycles. The highest BCUT2D eigenvalue weighted by atomic mass is 16.2. The van der Waals surface area contributed by atoms with Crippen LogP contribution in [-0.4, -0.2) is 61.5 Å². The summed E-state index contributed by atoms with van der Waals surface area (Å²) in [5.41, 5.74) is 1.46. The molecule has 0 spiro atoms. The molecule has 0 aliphatic heterocycles. The van der Waals surface area contributed by atoms with Crippen LogP contribution in [0, 0.1) is 0 Å². The number of hydrogen-bond donors (Lipinski definition) is 1. The Morgan fingerprint density at radius 2 is 2.05 bits per heavy atom. The highest BCUT2D eigenvalue weighted by molar-refractivity contribution is 5.99. The monoisotopic (exact) mass is 264 g/mol. The molecule has 19 heavy (non-hydrogen) atoms. The standard InChI is InChI=1S/C14H24N4O/c1-5-8-18(10-9-17(3)4)14(19)12-6-7-16-11-13(12)15-2/h6-7,11,15H,5,8-10H2,1-4H3. The van der Waals surface area contributed by atoms with E-state index in [1.807, 2.05) is 19.0 Å². The van der Waals surface area contributed by atoms with Crippen LogP contribution in [0.2, 0.25) is 0 Å². The van der Waals surface area contributed by atoms with Gasteiger partial charge in [0.05, 0.1) is 17.4 Å². The first kappa shape index (κ1) is 15.4. The topological polar surface area (TPSA) is 48.5 Å². The quantitative estimate of drug-likeness (QED) is 0.811. The molecule has 0 aromatic carbocycles. The number of likely N-dealkylation sites (N-methyl/N-ethyl adjacent to an activating group) is 1. The zero-order valence-electron chi connectivity index (χ0n) is 12.3.